The van der Waals surface area contributed by atoms with Gasteiger partial charge in [0.25, 0.3) is 0 Å². The van der Waals surface area contributed by atoms with E-state index in [2.05, 4.69) is 35.0 Å². The molecule has 15 heavy (non-hydrogen) atoms. The molecule has 1 aromatic heterocycles. The summed E-state index contributed by atoms with van der Waals surface area (Å²) in [6.45, 7) is 6.48. The average Bonchev–Trinajstić information content (AvgIpc) is 2.64. The first-order chi connectivity index (χ1) is 7.27. The molecule has 0 aliphatic carbocycles. The second-order valence-electron chi connectivity index (χ2n) is 3.89. The Bertz CT molecular complexity index is 273. The summed E-state index contributed by atoms with van der Waals surface area (Å²) in [5.74, 6) is 2.89. The summed E-state index contributed by atoms with van der Waals surface area (Å²) < 4.78 is 2.17. The molecule has 0 saturated heterocycles. The van der Waals surface area contributed by atoms with Crippen molar-refractivity contribution >= 4 is 17.7 Å². The van der Waals surface area contributed by atoms with E-state index in [0.717, 1.165) is 25.5 Å². The van der Waals surface area contributed by atoms with Crippen molar-refractivity contribution in [3.8, 4) is 0 Å². The molecule has 0 amide bonds. The molecule has 1 rings (SSSR count). The first kappa shape index (κ1) is 12.4. The molecule has 0 aliphatic rings. The highest BCUT2D eigenvalue weighted by Gasteiger charge is 2.04. The van der Waals surface area contributed by atoms with Crippen LogP contribution in [0.4, 0.5) is 5.95 Å². The SMILES string of the molecule is CCCn1ccnc1NCC(C)CSC. The number of aromatic nitrogens is 2. The maximum absolute atomic E-state index is 4.31. The number of hydrogen-bond donors (Lipinski definition) is 1. The normalized spacial score (nSPS) is 12.7. The Hall–Kier alpha value is -0.640. The van der Waals surface area contributed by atoms with E-state index in [-0.39, 0.29) is 0 Å². The monoisotopic (exact) mass is 227 g/mol. The Balaban J connectivity index is 2.39. The molecule has 1 heterocycles. The Kier molecular flexibility index (Phi) is 5.61. The number of hydrogen-bond acceptors (Lipinski definition) is 3. The third-order valence-corrected chi connectivity index (χ3v) is 3.14. The van der Waals surface area contributed by atoms with Gasteiger partial charge >= 0.3 is 0 Å². The van der Waals surface area contributed by atoms with E-state index in [1.54, 1.807) is 0 Å². The maximum Gasteiger partial charge on any atom is 0.202 e. The Morgan fingerprint density at radius 1 is 1.60 bits per heavy atom. The zero-order valence-corrected chi connectivity index (χ0v) is 10.7. The molecule has 3 nitrogen and oxygen atoms in total. The zero-order valence-electron chi connectivity index (χ0n) is 9.86. The van der Waals surface area contributed by atoms with Gasteiger partial charge in [0.15, 0.2) is 0 Å². The third kappa shape index (κ3) is 4.16. The van der Waals surface area contributed by atoms with Crippen LogP contribution in [0.3, 0.4) is 0 Å². The molecule has 0 spiro atoms. The summed E-state index contributed by atoms with van der Waals surface area (Å²) in [6, 6.07) is 0. The first-order valence-electron chi connectivity index (χ1n) is 5.51. The van der Waals surface area contributed by atoms with Gasteiger partial charge in [0, 0.05) is 25.5 Å². The topological polar surface area (TPSA) is 29.9 Å². The zero-order chi connectivity index (χ0) is 11.1. The predicted molar refractivity (Wildman–Crippen MR) is 68.6 cm³/mol. The molecule has 0 saturated carbocycles. The smallest absolute Gasteiger partial charge is 0.202 e. The fraction of sp³-hybridized carbons (Fsp3) is 0.727. The van der Waals surface area contributed by atoms with Gasteiger partial charge in [0.1, 0.15) is 0 Å². The van der Waals surface area contributed by atoms with Crippen molar-refractivity contribution in [3.63, 3.8) is 0 Å². The second-order valence-corrected chi connectivity index (χ2v) is 4.80. The van der Waals surface area contributed by atoms with Gasteiger partial charge in [-0.3, -0.25) is 0 Å². The van der Waals surface area contributed by atoms with Crippen LogP contribution in [0.2, 0.25) is 0 Å². The molecule has 1 atom stereocenters. The number of nitrogens with zero attached hydrogens (tertiary/aromatic N) is 2. The quantitative estimate of drug-likeness (QED) is 0.776. The van der Waals surface area contributed by atoms with Gasteiger partial charge in [-0.2, -0.15) is 11.8 Å². The van der Waals surface area contributed by atoms with Gasteiger partial charge < -0.3 is 9.88 Å². The van der Waals surface area contributed by atoms with Crippen molar-refractivity contribution < 1.29 is 0 Å². The van der Waals surface area contributed by atoms with Crippen molar-refractivity contribution in [1.82, 2.24) is 9.55 Å². The second kappa shape index (κ2) is 6.77. The van der Waals surface area contributed by atoms with Gasteiger partial charge in [0.2, 0.25) is 5.95 Å². The van der Waals surface area contributed by atoms with Crippen molar-refractivity contribution in [2.24, 2.45) is 5.92 Å². The number of anilines is 1. The molecule has 0 radical (unpaired) electrons. The highest BCUT2D eigenvalue weighted by Crippen LogP contribution is 2.08. The molecule has 1 aromatic rings. The fourth-order valence-electron chi connectivity index (χ4n) is 1.51. The number of aryl methyl sites for hydroxylation is 1. The number of imidazole rings is 1. The largest absolute Gasteiger partial charge is 0.355 e. The summed E-state index contributed by atoms with van der Waals surface area (Å²) in [7, 11) is 0. The number of rotatable bonds is 7. The molecule has 1 unspecified atom stereocenters. The lowest BCUT2D eigenvalue weighted by atomic mass is 10.2. The summed E-state index contributed by atoms with van der Waals surface area (Å²) in [5, 5.41) is 3.40. The van der Waals surface area contributed by atoms with Crippen LogP contribution in [-0.2, 0) is 6.54 Å². The molecule has 0 fully saturated rings. The lowest BCUT2D eigenvalue weighted by Crippen LogP contribution is -2.16. The Morgan fingerprint density at radius 3 is 3.07 bits per heavy atom. The molecule has 4 heteroatoms. The summed E-state index contributed by atoms with van der Waals surface area (Å²) in [5.41, 5.74) is 0. The summed E-state index contributed by atoms with van der Waals surface area (Å²) in [4.78, 5) is 4.31. The van der Waals surface area contributed by atoms with E-state index in [1.165, 1.54) is 5.75 Å². The van der Waals surface area contributed by atoms with Gasteiger partial charge in [-0.25, -0.2) is 4.98 Å². The molecule has 0 aliphatic heterocycles. The summed E-state index contributed by atoms with van der Waals surface area (Å²) >= 11 is 1.89. The Labute approximate surface area is 96.7 Å². The van der Waals surface area contributed by atoms with Crippen LogP contribution in [0.5, 0.6) is 0 Å². The summed E-state index contributed by atoms with van der Waals surface area (Å²) in [6.07, 6.45) is 7.18. The van der Waals surface area contributed by atoms with Gasteiger partial charge in [-0.15, -0.1) is 0 Å². The van der Waals surface area contributed by atoms with Crippen molar-refractivity contribution in [2.75, 3.05) is 23.9 Å². The first-order valence-corrected chi connectivity index (χ1v) is 6.91. The minimum absolute atomic E-state index is 0.687. The third-order valence-electron chi connectivity index (χ3n) is 2.24. The number of thioether (sulfide) groups is 1. The lowest BCUT2D eigenvalue weighted by Gasteiger charge is -2.12. The van der Waals surface area contributed by atoms with Crippen molar-refractivity contribution in [2.45, 2.75) is 26.8 Å². The van der Waals surface area contributed by atoms with E-state index < -0.39 is 0 Å². The van der Waals surface area contributed by atoms with Crippen LogP contribution in [0, 0.1) is 5.92 Å². The number of nitrogens with one attached hydrogen (secondary N) is 1. The van der Waals surface area contributed by atoms with E-state index in [0.29, 0.717) is 5.92 Å². The van der Waals surface area contributed by atoms with Gasteiger partial charge in [-0.05, 0) is 24.3 Å². The van der Waals surface area contributed by atoms with Crippen LogP contribution >= 0.6 is 11.8 Å². The average molecular weight is 227 g/mol. The van der Waals surface area contributed by atoms with Gasteiger partial charge in [-0.1, -0.05) is 13.8 Å². The van der Waals surface area contributed by atoms with E-state index in [4.69, 9.17) is 0 Å². The van der Waals surface area contributed by atoms with Crippen LogP contribution in [0.15, 0.2) is 12.4 Å². The van der Waals surface area contributed by atoms with Crippen LogP contribution in [0.1, 0.15) is 20.3 Å². The van der Waals surface area contributed by atoms with E-state index in [9.17, 15) is 0 Å². The Morgan fingerprint density at radius 2 is 2.40 bits per heavy atom. The molecule has 0 aromatic carbocycles. The molecular weight excluding hydrogens is 206 g/mol. The van der Waals surface area contributed by atoms with Crippen molar-refractivity contribution in [1.29, 1.82) is 0 Å². The van der Waals surface area contributed by atoms with Crippen LogP contribution in [-0.4, -0.2) is 28.1 Å². The molecule has 86 valence electrons. The minimum atomic E-state index is 0.687. The predicted octanol–water partition coefficient (Wildman–Crippen LogP) is 2.70. The maximum atomic E-state index is 4.31. The fourth-order valence-corrected chi connectivity index (χ4v) is 2.19. The molecule has 0 bridgehead atoms. The lowest BCUT2D eigenvalue weighted by molar-refractivity contribution is 0.659. The highest BCUT2D eigenvalue weighted by atomic mass is 32.2. The molecule has 1 N–H and O–H groups in total. The van der Waals surface area contributed by atoms with Crippen molar-refractivity contribution in [3.05, 3.63) is 12.4 Å². The van der Waals surface area contributed by atoms with E-state index in [1.807, 2.05) is 24.2 Å². The van der Waals surface area contributed by atoms with E-state index >= 15 is 0 Å². The van der Waals surface area contributed by atoms with Gasteiger partial charge in [0.05, 0.1) is 0 Å². The molecular formula is C11H21N3S. The van der Waals surface area contributed by atoms with Crippen LogP contribution < -0.4 is 5.32 Å². The highest BCUT2D eigenvalue weighted by molar-refractivity contribution is 7.98. The minimum Gasteiger partial charge on any atom is -0.355 e. The standard InChI is InChI=1S/C11H21N3S/c1-4-6-14-7-5-12-11(14)13-8-10(2)9-15-3/h5,7,10H,4,6,8-9H2,1-3H3,(H,12,13). The van der Waals surface area contributed by atoms with Crippen LogP contribution in [0.25, 0.3) is 0 Å².